The highest BCUT2D eigenvalue weighted by atomic mass is 32.1. The van der Waals surface area contributed by atoms with Crippen LogP contribution in [0.25, 0.3) is 0 Å². The predicted molar refractivity (Wildman–Crippen MR) is 69.8 cm³/mol. The molecule has 4 heteroatoms. The van der Waals surface area contributed by atoms with Gasteiger partial charge in [-0.25, -0.2) is 4.98 Å². The largest absolute Gasteiger partial charge is 0.375 e. The van der Waals surface area contributed by atoms with Crippen LogP contribution in [0.2, 0.25) is 0 Å². The van der Waals surface area contributed by atoms with Crippen LogP contribution in [0.15, 0.2) is 35.7 Å². The second kappa shape index (κ2) is 6.49. The van der Waals surface area contributed by atoms with Gasteiger partial charge < -0.3 is 10.5 Å². The Hall–Kier alpha value is -1.23. The summed E-state index contributed by atoms with van der Waals surface area (Å²) in [5.74, 6) is 0. The van der Waals surface area contributed by atoms with E-state index in [4.69, 9.17) is 10.5 Å². The SMILES string of the molecule is NCc1nc(COCCc2ccccc2)cs1. The minimum absolute atomic E-state index is 0.509. The third-order valence-electron chi connectivity index (χ3n) is 2.40. The highest BCUT2D eigenvalue weighted by Gasteiger charge is 2.00. The Bertz CT molecular complexity index is 442. The van der Waals surface area contributed by atoms with Crippen molar-refractivity contribution in [2.24, 2.45) is 5.73 Å². The first-order valence-corrected chi connectivity index (χ1v) is 6.51. The standard InChI is InChI=1S/C13H16N2OS/c14-8-13-15-12(10-17-13)9-16-7-6-11-4-2-1-3-5-11/h1-5,10H,6-9,14H2. The molecule has 0 amide bonds. The lowest BCUT2D eigenvalue weighted by atomic mass is 10.2. The minimum atomic E-state index is 0.509. The number of nitrogens with two attached hydrogens (primary N) is 1. The van der Waals surface area contributed by atoms with E-state index >= 15 is 0 Å². The lowest BCUT2D eigenvalue weighted by Crippen LogP contribution is -2.00. The summed E-state index contributed by atoms with van der Waals surface area (Å²) in [6, 6.07) is 10.3. The number of hydrogen-bond donors (Lipinski definition) is 1. The molecule has 2 aromatic rings. The van der Waals surface area contributed by atoms with E-state index in [1.54, 1.807) is 11.3 Å². The van der Waals surface area contributed by atoms with Crippen LogP contribution in [-0.2, 0) is 24.3 Å². The summed E-state index contributed by atoms with van der Waals surface area (Å²) >= 11 is 1.59. The molecule has 1 aromatic carbocycles. The van der Waals surface area contributed by atoms with Gasteiger partial charge in [-0.05, 0) is 12.0 Å². The third kappa shape index (κ3) is 3.93. The van der Waals surface area contributed by atoms with Crippen LogP contribution in [0.3, 0.4) is 0 Å². The zero-order valence-corrected chi connectivity index (χ0v) is 10.5. The van der Waals surface area contributed by atoms with E-state index in [2.05, 4.69) is 17.1 Å². The lowest BCUT2D eigenvalue weighted by molar-refractivity contribution is 0.121. The first-order chi connectivity index (χ1) is 8.38. The maximum Gasteiger partial charge on any atom is 0.107 e. The molecule has 0 spiro atoms. The zero-order chi connectivity index (χ0) is 11.9. The van der Waals surface area contributed by atoms with Gasteiger partial charge >= 0.3 is 0 Å². The Balaban J connectivity index is 1.69. The van der Waals surface area contributed by atoms with Gasteiger partial charge in [0.1, 0.15) is 5.01 Å². The van der Waals surface area contributed by atoms with E-state index in [0.717, 1.165) is 23.7 Å². The van der Waals surface area contributed by atoms with Crippen molar-refractivity contribution in [3.8, 4) is 0 Å². The van der Waals surface area contributed by atoms with Crippen LogP contribution in [0.1, 0.15) is 16.3 Å². The van der Waals surface area contributed by atoms with Gasteiger partial charge in [0, 0.05) is 11.9 Å². The van der Waals surface area contributed by atoms with E-state index in [-0.39, 0.29) is 0 Å². The molecule has 0 saturated heterocycles. The van der Waals surface area contributed by atoms with Crippen molar-refractivity contribution in [2.75, 3.05) is 6.61 Å². The molecule has 2 rings (SSSR count). The number of nitrogens with zero attached hydrogens (tertiary/aromatic N) is 1. The molecule has 0 atom stereocenters. The Morgan fingerprint density at radius 2 is 2.06 bits per heavy atom. The quantitative estimate of drug-likeness (QED) is 0.798. The average Bonchev–Trinajstić information content (AvgIpc) is 2.84. The smallest absolute Gasteiger partial charge is 0.107 e. The first-order valence-electron chi connectivity index (χ1n) is 5.63. The molecule has 0 radical (unpaired) electrons. The Kier molecular flexibility index (Phi) is 4.67. The first kappa shape index (κ1) is 12.2. The monoisotopic (exact) mass is 248 g/mol. The number of hydrogen-bond acceptors (Lipinski definition) is 4. The molecule has 0 fully saturated rings. The highest BCUT2D eigenvalue weighted by molar-refractivity contribution is 7.09. The fourth-order valence-corrected chi connectivity index (χ4v) is 2.18. The molecule has 0 unspecified atom stereocenters. The van der Waals surface area contributed by atoms with Crippen molar-refractivity contribution in [1.29, 1.82) is 0 Å². The molecule has 2 N–H and O–H groups in total. The molecule has 0 aliphatic rings. The molecular formula is C13H16N2OS. The summed E-state index contributed by atoms with van der Waals surface area (Å²) in [5.41, 5.74) is 7.78. The maximum atomic E-state index is 5.58. The Morgan fingerprint density at radius 1 is 1.24 bits per heavy atom. The zero-order valence-electron chi connectivity index (χ0n) is 9.63. The van der Waals surface area contributed by atoms with Gasteiger partial charge in [-0.15, -0.1) is 11.3 Å². The van der Waals surface area contributed by atoms with Crippen LogP contribution in [0.5, 0.6) is 0 Å². The number of aromatic nitrogens is 1. The van der Waals surface area contributed by atoms with Crippen LogP contribution < -0.4 is 5.73 Å². The van der Waals surface area contributed by atoms with Crippen LogP contribution in [0.4, 0.5) is 0 Å². The minimum Gasteiger partial charge on any atom is -0.375 e. The molecule has 0 saturated carbocycles. The number of thiazole rings is 1. The van der Waals surface area contributed by atoms with Gasteiger partial charge in [0.2, 0.25) is 0 Å². The van der Waals surface area contributed by atoms with E-state index in [1.165, 1.54) is 5.56 Å². The van der Waals surface area contributed by atoms with Gasteiger partial charge in [0.05, 0.1) is 18.9 Å². The number of rotatable bonds is 6. The van der Waals surface area contributed by atoms with Gasteiger partial charge in [-0.3, -0.25) is 0 Å². The molecule has 3 nitrogen and oxygen atoms in total. The fraction of sp³-hybridized carbons (Fsp3) is 0.308. The van der Waals surface area contributed by atoms with Crippen molar-refractivity contribution < 1.29 is 4.74 Å². The molecule has 1 aromatic heterocycles. The maximum absolute atomic E-state index is 5.58. The third-order valence-corrected chi connectivity index (χ3v) is 3.32. The highest BCUT2D eigenvalue weighted by Crippen LogP contribution is 2.10. The van der Waals surface area contributed by atoms with Gasteiger partial charge in [0.15, 0.2) is 0 Å². The normalized spacial score (nSPS) is 10.6. The van der Waals surface area contributed by atoms with E-state index < -0.39 is 0 Å². The van der Waals surface area contributed by atoms with E-state index in [9.17, 15) is 0 Å². The van der Waals surface area contributed by atoms with Gasteiger partial charge in [-0.2, -0.15) is 0 Å². The van der Waals surface area contributed by atoms with Crippen molar-refractivity contribution in [1.82, 2.24) is 4.98 Å². The summed E-state index contributed by atoms with van der Waals surface area (Å²) in [7, 11) is 0. The van der Waals surface area contributed by atoms with E-state index in [1.807, 2.05) is 23.6 Å². The Labute approximate surface area is 105 Å². The molecule has 17 heavy (non-hydrogen) atoms. The van der Waals surface area contributed by atoms with Crippen molar-refractivity contribution in [2.45, 2.75) is 19.6 Å². The van der Waals surface area contributed by atoms with Gasteiger partial charge in [-0.1, -0.05) is 30.3 Å². The summed E-state index contributed by atoms with van der Waals surface area (Å²) in [6.07, 6.45) is 0.939. The van der Waals surface area contributed by atoms with Crippen molar-refractivity contribution in [3.05, 3.63) is 52.0 Å². The number of benzene rings is 1. The average molecular weight is 248 g/mol. The molecular weight excluding hydrogens is 232 g/mol. The summed E-state index contributed by atoms with van der Waals surface area (Å²) in [4.78, 5) is 4.34. The summed E-state index contributed by atoms with van der Waals surface area (Å²) in [6.45, 7) is 1.80. The number of ether oxygens (including phenoxy) is 1. The second-order valence-corrected chi connectivity index (χ2v) is 4.67. The van der Waals surface area contributed by atoms with Crippen LogP contribution >= 0.6 is 11.3 Å². The van der Waals surface area contributed by atoms with Gasteiger partial charge in [0.25, 0.3) is 0 Å². The van der Waals surface area contributed by atoms with Crippen molar-refractivity contribution in [3.63, 3.8) is 0 Å². The fourth-order valence-electron chi connectivity index (χ4n) is 1.52. The summed E-state index contributed by atoms with van der Waals surface area (Å²) < 4.78 is 5.58. The molecule has 0 aliphatic heterocycles. The predicted octanol–water partition coefficient (Wildman–Crippen LogP) is 2.36. The van der Waals surface area contributed by atoms with E-state index in [0.29, 0.717) is 13.2 Å². The molecule has 90 valence electrons. The lowest BCUT2D eigenvalue weighted by Gasteiger charge is -2.02. The van der Waals surface area contributed by atoms with Crippen LogP contribution in [-0.4, -0.2) is 11.6 Å². The topological polar surface area (TPSA) is 48.1 Å². The van der Waals surface area contributed by atoms with Crippen molar-refractivity contribution >= 4 is 11.3 Å². The Morgan fingerprint density at radius 3 is 2.76 bits per heavy atom. The molecule has 0 aliphatic carbocycles. The molecule has 1 heterocycles. The summed E-state index contributed by atoms with van der Waals surface area (Å²) in [5, 5.41) is 2.97. The van der Waals surface area contributed by atoms with Crippen LogP contribution in [0, 0.1) is 0 Å². The molecule has 0 bridgehead atoms. The second-order valence-electron chi connectivity index (χ2n) is 3.72.